The molecule has 0 amide bonds. The summed E-state index contributed by atoms with van der Waals surface area (Å²) >= 11 is 0. The molecule has 0 spiro atoms. The molecule has 2 nitrogen and oxygen atoms in total. The lowest BCUT2D eigenvalue weighted by Gasteiger charge is -2.29. The van der Waals surface area contributed by atoms with Gasteiger partial charge in [-0.1, -0.05) is 43.5 Å². The predicted molar refractivity (Wildman–Crippen MR) is 75.5 cm³/mol. The maximum Gasteiger partial charge on any atom is 0.0706 e. The highest BCUT2D eigenvalue weighted by Crippen LogP contribution is 2.34. The standard InChI is InChI=1S/C16H20N2/c1-17-16(11-12-5-4-6-12)15-10-9-13-7-2-3-8-14(13)18-15/h2-3,7-10,12,16-17H,4-6,11H2,1H3. The number of pyridine rings is 1. The van der Waals surface area contributed by atoms with Crippen LogP contribution in [0.1, 0.15) is 37.4 Å². The molecular formula is C16H20N2. The molecule has 1 heterocycles. The molecule has 0 saturated heterocycles. The Morgan fingerprint density at radius 2 is 2.06 bits per heavy atom. The van der Waals surface area contributed by atoms with Crippen molar-refractivity contribution in [2.45, 2.75) is 31.7 Å². The van der Waals surface area contributed by atoms with Crippen LogP contribution in [0.5, 0.6) is 0 Å². The second-order valence-corrected chi connectivity index (χ2v) is 5.30. The topological polar surface area (TPSA) is 24.9 Å². The molecule has 1 aromatic heterocycles. The van der Waals surface area contributed by atoms with Crippen molar-refractivity contribution >= 4 is 10.9 Å². The van der Waals surface area contributed by atoms with Crippen LogP contribution in [0, 0.1) is 5.92 Å². The molecule has 18 heavy (non-hydrogen) atoms. The Bertz CT molecular complexity index is 531. The van der Waals surface area contributed by atoms with Crippen molar-refractivity contribution in [3.8, 4) is 0 Å². The van der Waals surface area contributed by atoms with E-state index in [0.29, 0.717) is 6.04 Å². The zero-order chi connectivity index (χ0) is 12.4. The Morgan fingerprint density at radius 3 is 2.78 bits per heavy atom. The number of fused-ring (bicyclic) bond motifs is 1. The van der Waals surface area contributed by atoms with Crippen LogP contribution in [0.4, 0.5) is 0 Å². The first kappa shape index (κ1) is 11.7. The molecule has 1 fully saturated rings. The predicted octanol–water partition coefficient (Wildman–Crippen LogP) is 3.69. The summed E-state index contributed by atoms with van der Waals surface area (Å²) in [5.41, 5.74) is 2.28. The third kappa shape index (κ3) is 2.25. The number of nitrogens with zero attached hydrogens (tertiary/aromatic N) is 1. The number of para-hydroxylation sites is 1. The van der Waals surface area contributed by atoms with Gasteiger partial charge in [-0.3, -0.25) is 4.98 Å². The van der Waals surface area contributed by atoms with Crippen LogP contribution < -0.4 is 5.32 Å². The van der Waals surface area contributed by atoms with Crippen molar-refractivity contribution in [1.82, 2.24) is 10.3 Å². The molecule has 1 aliphatic rings. The molecule has 0 bridgehead atoms. The number of nitrogens with one attached hydrogen (secondary N) is 1. The summed E-state index contributed by atoms with van der Waals surface area (Å²) < 4.78 is 0. The van der Waals surface area contributed by atoms with E-state index in [0.717, 1.165) is 11.4 Å². The first-order valence-corrected chi connectivity index (χ1v) is 6.90. The lowest BCUT2D eigenvalue weighted by molar-refractivity contribution is 0.264. The largest absolute Gasteiger partial charge is 0.312 e. The zero-order valence-corrected chi connectivity index (χ0v) is 10.9. The van der Waals surface area contributed by atoms with E-state index >= 15 is 0 Å². The maximum absolute atomic E-state index is 4.80. The van der Waals surface area contributed by atoms with E-state index in [1.807, 2.05) is 7.05 Å². The highest BCUT2D eigenvalue weighted by molar-refractivity contribution is 5.78. The van der Waals surface area contributed by atoms with Crippen LogP contribution in [-0.2, 0) is 0 Å². The second-order valence-electron chi connectivity index (χ2n) is 5.30. The molecule has 2 aromatic rings. The monoisotopic (exact) mass is 240 g/mol. The Hall–Kier alpha value is -1.41. The molecule has 94 valence electrons. The van der Waals surface area contributed by atoms with Crippen LogP contribution in [0.2, 0.25) is 0 Å². The van der Waals surface area contributed by atoms with Gasteiger partial charge in [-0.25, -0.2) is 0 Å². The average molecular weight is 240 g/mol. The van der Waals surface area contributed by atoms with Gasteiger partial charge in [-0.15, -0.1) is 0 Å². The molecular weight excluding hydrogens is 220 g/mol. The Labute approximate surface area is 108 Å². The van der Waals surface area contributed by atoms with Gasteiger partial charge in [-0.05, 0) is 31.5 Å². The zero-order valence-electron chi connectivity index (χ0n) is 10.9. The quantitative estimate of drug-likeness (QED) is 0.881. The van der Waals surface area contributed by atoms with Crippen LogP contribution in [-0.4, -0.2) is 12.0 Å². The fourth-order valence-electron chi connectivity index (χ4n) is 2.72. The third-order valence-corrected chi connectivity index (χ3v) is 4.12. The van der Waals surface area contributed by atoms with Gasteiger partial charge in [0.1, 0.15) is 0 Å². The maximum atomic E-state index is 4.80. The van der Waals surface area contributed by atoms with Crippen LogP contribution in [0.25, 0.3) is 10.9 Å². The van der Waals surface area contributed by atoms with Gasteiger partial charge < -0.3 is 5.32 Å². The summed E-state index contributed by atoms with van der Waals surface area (Å²) in [4.78, 5) is 4.80. The van der Waals surface area contributed by atoms with Gasteiger partial charge in [0, 0.05) is 11.4 Å². The van der Waals surface area contributed by atoms with Crippen molar-refractivity contribution in [3.05, 3.63) is 42.1 Å². The van der Waals surface area contributed by atoms with Crippen LogP contribution >= 0.6 is 0 Å². The van der Waals surface area contributed by atoms with Crippen LogP contribution in [0.15, 0.2) is 36.4 Å². The molecule has 1 aliphatic carbocycles. The summed E-state index contributed by atoms with van der Waals surface area (Å²) in [6, 6.07) is 13.1. The number of benzene rings is 1. The van der Waals surface area contributed by atoms with Crippen molar-refractivity contribution < 1.29 is 0 Å². The molecule has 1 N–H and O–H groups in total. The molecule has 0 radical (unpaired) electrons. The minimum absolute atomic E-state index is 0.403. The molecule has 1 unspecified atom stereocenters. The third-order valence-electron chi connectivity index (χ3n) is 4.12. The van der Waals surface area contributed by atoms with Gasteiger partial charge in [0.2, 0.25) is 0 Å². The first-order chi connectivity index (χ1) is 8.86. The second kappa shape index (κ2) is 5.07. The molecule has 1 atom stereocenters. The minimum Gasteiger partial charge on any atom is -0.312 e. The lowest BCUT2D eigenvalue weighted by atomic mass is 9.80. The van der Waals surface area contributed by atoms with Gasteiger partial charge >= 0.3 is 0 Å². The Balaban J connectivity index is 1.86. The Kier molecular flexibility index (Phi) is 3.28. The first-order valence-electron chi connectivity index (χ1n) is 6.90. The van der Waals surface area contributed by atoms with Crippen molar-refractivity contribution in [2.24, 2.45) is 5.92 Å². The molecule has 0 aliphatic heterocycles. The number of aromatic nitrogens is 1. The summed E-state index contributed by atoms with van der Waals surface area (Å²) in [5.74, 6) is 0.899. The van der Waals surface area contributed by atoms with E-state index in [2.05, 4.69) is 41.7 Å². The summed E-state index contributed by atoms with van der Waals surface area (Å²) in [7, 11) is 2.04. The fraction of sp³-hybridized carbons (Fsp3) is 0.438. The van der Waals surface area contributed by atoms with Gasteiger partial charge in [-0.2, -0.15) is 0 Å². The summed E-state index contributed by atoms with van der Waals surface area (Å²) in [6.45, 7) is 0. The van der Waals surface area contributed by atoms with Crippen molar-refractivity contribution in [2.75, 3.05) is 7.05 Å². The van der Waals surface area contributed by atoms with Gasteiger partial charge in [0.25, 0.3) is 0 Å². The molecule has 1 saturated carbocycles. The normalized spacial score (nSPS) is 17.6. The van der Waals surface area contributed by atoms with E-state index in [1.165, 1.54) is 36.8 Å². The molecule has 3 rings (SSSR count). The highest BCUT2D eigenvalue weighted by Gasteiger charge is 2.22. The van der Waals surface area contributed by atoms with Crippen LogP contribution in [0.3, 0.4) is 0 Å². The van der Waals surface area contributed by atoms with Crippen molar-refractivity contribution in [1.29, 1.82) is 0 Å². The SMILES string of the molecule is CNC(CC1CCC1)c1ccc2ccccc2n1. The van der Waals surface area contributed by atoms with Gasteiger partial charge in [0.15, 0.2) is 0 Å². The van der Waals surface area contributed by atoms with E-state index in [4.69, 9.17) is 4.98 Å². The minimum atomic E-state index is 0.403. The van der Waals surface area contributed by atoms with E-state index in [9.17, 15) is 0 Å². The lowest BCUT2D eigenvalue weighted by Crippen LogP contribution is -2.23. The number of rotatable bonds is 4. The average Bonchev–Trinajstić information content (AvgIpc) is 2.37. The molecule has 1 aromatic carbocycles. The van der Waals surface area contributed by atoms with E-state index in [1.54, 1.807) is 0 Å². The van der Waals surface area contributed by atoms with Crippen molar-refractivity contribution in [3.63, 3.8) is 0 Å². The number of hydrogen-bond acceptors (Lipinski definition) is 2. The molecule has 2 heteroatoms. The Morgan fingerprint density at radius 1 is 1.22 bits per heavy atom. The summed E-state index contributed by atoms with van der Waals surface area (Å²) in [5, 5.41) is 4.64. The fourth-order valence-corrected chi connectivity index (χ4v) is 2.72. The number of hydrogen-bond donors (Lipinski definition) is 1. The van der Waals surface area contributed by atoms with E-state index < -0.39 is 0 Å². The van der Waals surface area contributed by atoms with Gasteiger partial charge in [0.05, 0.1) is 11.2 Å². The smallest absolute Gasteiger partial charge is 0.0706 e. The summed E-state index contributed by atoms with van der Waals surface area (Å²) in [6.07, 6.45) is 5.42. The highest BCUT2D eigenvalue weighted by atomic mass is 14.9. The van der Waals surface area contributed by atoms with E-state index in [-0.39, 0.29) is 0 Å².